The highest BCUT2D eigenvalue weighted by molar-refractivity contribution is 5.79. The number of nitrogens with zero attached hydrogens (tertiary/aromatic N) is 4. The molecule has 2 aliphatic rings. The van der Waals surface area contributed by atoms with E-state index < -0.39 is 0 Å². The van der Waals surface area contributed by atoms with Gasteiger partial charge in [0.1, 0.15) is 0 Å². The molecule has 0 aromatic carbocycles. The van der Waals surface area contributed by atoms with Gasteiger partial charge in [-0.1, -0.05) is 6.92 Å². The molecule has 6 nitrogen and oxygen atoms in total. The van der Waals surface area contributed by atoms with Crippen LogP contribution in [0.15, 0.2) is 0 Å². The maximum atomic E-state index is 12.8. The van der Waals surface area contributed by atoms with Gasteiger partial charge < -0.3 is 9.64 Å². The molecule has 25 heavy (non-hydrogen) atoms. The van der Waals surface area contributed by atoms with Crippen LogP contribution in [-0.4, -0.2) is 64.9 Å². The minimum atomic E-state index is 0.137. The van der Waals surface area contributed by atoms with E-state index in [1.54, 1.807) is 0 Å². The zero-order valence-corrected chi connectivity index (χ0v) is 16.0. The molecule has 6 heteroatoms. The Labute approximate surface area is 151 Å². The van der Waals surface area contributed by atoms with E-state index in [0.717, 1.165) is 64.2 Å². The molecular formula is C19H32N4O2. The van der Waals surface area contributed by atoms with Crippen molar-refractivity contribution in [1.29, 1.82) is 0 Å². The van der Waals surface area contributed by atoms with E-state index in [2.05, 4.69) is 30.4 Å². The Morgan fingerprint density at radius 2 is 2.00 bits per heavy atom. The van der Waals surface area contributed by atoms with Gasteiger partial charge in [-0.05, 0) is 39.7 Å². The predicted octanol–water partition coefficient (Wildman–Crippen LogP) is 1.98. The number of morpholine rings is 1. The molecule has 3 rings (SSSR count). The molecule has 1 aromatic heterocycles. The SMILES string of the molecule is CCCn1nc(C)c(CN2CCC[C@@H](C(=O)N3CCOCC3)C2)c1C. The third-order valence-electron chi connectivity index (χ3n) is 5.53. The molecule has 1 aromatic rings. The van der Waals surface area contributed by atoms with Gasteiger partial charge in [-0.2, -0.15) is 5.10 Å². The number of carbonyl (C=O) groups is 1. The first-order chi connectivity index (χ1) is 12.1. The molecule has 0 radical (unpaired) electrons. The number of aryl methyl sites for hydroxylation is 2. The van der Waals surface area contributed by atoms with Crippen molar-refractivity contribution in [2.45, 2.75) is 53.1 Å². The van der Waals surface area contributed by atoms with E-state index in [-0.39, 0.29) is 5.92 Å². The first kappa shape index (κ1) is 18.4. The summed E-state index contributed by atoms with van der Waals surface area (Å²) in [5, 5.41) is 4.69. The second kappa shape index (κ2) is 8.32. The Morgan fingerprint density at radius 3 is 2.72 bits per heavy atom. The fourth-order valence-corrected chi connectivity index (χ4v) is 4.06. The van der Waals surface area contributed by atoms with Crippen LogP contribution < -0.4 is 0 Å². The van der Waals surface area contributed by atoms with E-state index in [1.165, 1.54) is 11.3 Å². The number of rotatable bonds is 5. The molecule has 0 spiro atoms. The molecule has 2 saturated heterocycles. The fourth-order valence-electron chi connectivity index (χ4n) is 4.06. The maximum Gasteiger partial charge on any atom is 0.227 e. The average Bonchev–Trinajstić information content (AvgIpc) is 2.90. The van der Waals surface area contributed by atoms with E-state index in [1.807, 2.05) is 4.90 Å². The van der Waals surface area contributed by atoms with Gasteiger partial charge in [0.05, 0.1) is 24.8 Å². The number of amides is 1. The highest BCUT2D eigenvalue weighted by atomic mass is 16.5. The highest BCUT2D eigenvalue weighted by Crippen LogP contribution is 2.23. The lowest BCUT2D eigenvalue weighted by molar-refractivity contribution is -0.141. The number of likely N-dealkylation sites (tertiary alicyclic amines) is 1. The third kappa shape index (κ3) is 4.23. The van der Waals surface area contributed by atoms with Gasteiger partial charge in [-0.25, -0.2) is 0 Å². The molecule has 2 fully saturated rings. The van der Waals surface area contributed by atoms with Crippen molar-refractivity contribution >= 4 is 5.91 Å². The first-order valence-electron chi connectivity index (χ1n) is 9.72. The van der Waals surface area contributed by atoms with Crippen molar-refractivity contribution in [3.8, 4) is 0 Å². The van der Waals surface area contributed by atoms with E-state index in [0.29, 0.717) is 19.1 Å². The normalized spacial score (nSPS) is 22.4. The Balaban J connectivity index is 1.63. The van der Waals surface area contributed by atoms with Gasteiger partial charge in [0.2, 0.25) is 5.91 Å². The van der Waals surface area contributed by atoms with Gasteiger partial charge in [0.15, 0.2) is 0 Å². The predicted molar refractivity (Wildman–Crippen MR) is 97.4 cm³/mol. The molecule has 0 unspecified atom stereocenters. The summed E-state index contributed by atoms with van der Waals surface area (Å²) in [5.74, 6) is 0.460. The number of hydrogen-bond acceptors (Lipinski definition) is 4. The van der Waals surface area contributed by atoms with Crippen molar-refractivity contribution in [3.05, 3.63) is 17.0 Å². The van der Waals surface area contributed by atoms with Gasteiger partial charge in [-0.15, -0.1) is 0 Å². The second-order valence-corrected chi connectivity index (χ2v) is 7.38. The largest absolute Gasteiger partial charge is 0.378 e. The van der Waals surface area contributed by atoms with Gasteiger partial charge in [0.25, 0.3) is 0 Å². The van der Waals surface area contributed by atoms with Crippen LogP contribution in [0.25, 0.3) is 0 Å². The molecule has 0 bridgehead atoms. The first-order valence-corrected chi connectivity index (χ1v) is 9.72. The Kier molecular flexibility index (Phi) is 6.12. The van der Waals surface area contributed by atoms with Crippen LogP contribution in [0.3, 0.4) is 0 Å². The summed E-state index contributed by atoms with van der Waals surface area (Å²) in [6.07, 6.45) is 3.21. The third-order valence-corrected chi connectivity index (χ3v) is 5.53. The molecular weight excluding hydrogens is 316 g/mol. The van der Waals surface area contributed by atoms with Crippen molar-refractivity contribution in [1.82, 2.24) is 19.6 Å². The summed E-state index contributed by atoms with van der Waals surface area (Å²) < 4.78 is 7.50. The van der Waals surface area contributed by atoms with Crippen LogP contribution in [0.2, 0.25) is 0 Å². The number of aromatic nitrogens is 2. The van der Waals surface area contributed by atoms with Crippen molar-refractivity contribution in [2.24, 2.45) is 5.92 Å². The smallest absolute Gasteiger partial charge is 0.227 e. The van der Waals surface area contributed by atoms with Crippen molar-refractivity contribution in [3.63, 3.8) is 0 Å². The molecule has 1 atom stereocenters. The van der Waals surface area contributed by atoms with E-state index in [4.69, 9.17) is 9.84 Å². The molecule has 140 valence electrons. The number of hydrogen-bond donors (Lipinski definition) is 0. The Morgan fingerprint density at radius 1 is 1.24 bits per heavy atom. The average molecular weight is 348 g/mol. The molecule has 0 aliphatic carbocycles. The summed E-state index contributed by atoms with van der Waals surface area (Å²) in [6, 6.07) is 0. The minimum Gasteiger partial charge on any atom is -0.378 e. The number of piperidine rings is 1. The number of carbonyl (C=O) groups excluding carboxylic acids is 1. The van der Waals surface area contributed by atoms with Crippen LogP contribution in [0.5, 0.6) is 0 Å². The Hall–Kier alpha value is -1.40. The molecule has 3 heterocycles. The zero-order valence-electron chi connectivity index (χ0n) is 16.0. The zero-order chi connectivity index (χ0) is 17.8. The summed E-state index contributed by atoms with van der Waals surface area (Å²) in [4.78, 5) is 17.2. The monoisotopic (exact) mass is 348 g/mol. The minimum absolute atomic E-state index is 0.137. The summed E-state index contributed by atoms with van der Waals surface area (Å²) >= 11 is 0. The summed E-state index contributed by atoms with van der Waals surface area (Å²) in [5.41, 5.74) is 3.75. The van der Waals surface area contributed by atoms with Crippen LogP contribution in [0.4, 0.5) is 0 Å². The van der Waals surface area contributed by atoms with Crippen LogP contribution in [-0.2, 0) is 22.6 Å². The molecule has 2 aliphatic heterocycles. The van der Waals surface area contributed by atoms with E-state index >= 15 is 0 Å². The lowest BCUT2D eigenvalue weighted by atomic mass is 9.95. The lowest BCUT2D eigenvalue weighted by Gasteiger charge is -2.36. The van der Waals surface area contributed by atoms with Gasteiger partial charge in [-0.3, -0.25) is 14.4 Å². The quantitative estimate of drug-likeness (QED) is 0.816. The number of ether oxygens (including phenoxy) is 1. The maximum absolute atomic E-state index is 12.8. The van der Waals surface area contributed by atoms with Crippen molar-refractivity contribution in [2.75, 3.05) is 39.4 Å². The second-order valence-electron chi connectivity index (χ2n) is 7.38. The highest BCUT2D eigenvalue weighted by Gasteiger charge is 2.30. The van der Waals surface area contributed by atoms with Crippen LogP contribution in [0.1, 0.15) is 43.1 Å². The molecule has 0 saturated carbocycles. The van der Waals surface area contributed by atoms with E-state index in [9.17, 15) is 4.79 Å². The topological polar surface area (TPSA) is 50.6 Å². The molecule has 1 amide bonds. The Bertz CT molecular complexity index is 592. The fraction of sp³-hybridized carbons (Fsp3) is 0.789. The van der Waals surface area contributed by atoms with Crippen molar-refractivity contribution < 1.29 is 9.53 Å². The van der Waals surface area contributed by atoms with Crippen LogP contribution >= 0.6 is 0 Å². The van der Waals surface area contributed by atoms with Crippen LogP contribution in [0, 0.1) is 19.8 Å². The lowest BCUT2D eigenvalue weighted by Crippen LogP contribution is -2.48. The summed E-state index contributed by atoms with van der Waals surface area (Å²) in [7, 11) is 0. The van der Waals surface area contributed by atoms with Gasteiger partial charge in [0, 0.05) is 44.0 Å². The standard InChI is InChI=1S/C19H32N4O2/c1-4-7-23-16(3)18(15(2)20-23)14-21-8-5-6-17(13-21)19(24)22-9-11-25-12-10-22/h17H,4-14H2,1-3H3/t17-/m1/s1. The molecule has 0 N–H and O–H groups in total. The summed E-state index contributed by atoms with van der Waals surface area (Å²) in [6.45, 7) is 13.1. The van der Waals surface area contributed by atoms with Gasteiger partial charge >= 0.3 is 0 Å².